The Bertz CT molecular complexity index is 311. The van der Waals surface area contributed by atoms with Gasteiger partial charge in [-0.2, -0.15) is 0 Å². The molecule has 0 aromatic heterocycles. The molecule has 1 rings (SSSR count). The van der Waals surface area contributed by atoms with Crippen LogP contribution in [0.4, 0.5) is 0 Å². The molecule has 0 aliphatic carbocycles. The maximum absolute atomic E-state index is 11.0. The third-order valence-corrected chi connectivity index (χ3v) is 2.47. The van der Waals surface area contributed by atoms with Crippen molar-refractivity contribution < 1.29 is 9.90 Å². The lowest BCUT2D eigenvalue weighted by Gasteiger charge is -2.03. The van der Waals surface area contributed by atoms with E-state index in [-0.39, 0.29) is 11.5 Å². The first-order chi connectivity index (χ1) is 5.52. The molecule has 0 aliphatic rings. The molecule has 0 unspecified atom stereocenters. The van der Waals surface area contributed by atoms with Crippen LogP contribution in [0.1, 0.15) is 17.3 Å². The van der Waals surface area contributed by atoms with Crippen LogP contribution < -0.4 is 0 Å². The van der Waals surface area contributed by atoms with Gasteiger partial charge in [0.25, 0.3) is 0 Å². The molecule has 1 N–H and O–H groups in total. The Morgan fingerprint density at radius 3 is 2.42 bits per heavy atom. The van der Waals surface area contributed by atoms with Gasteiger partial charge in [0.1, 0.15) is 5.75 Å². The highest BCUT2D eigenvalue weighted by Crippen LogP contribution is 2.30. The normalized spacial score (nSPS) is 9.92. The molecular formula is C8H6Br2O2. The van der Waals surface area contributed by atoms with E-state index in [4.69, 9.17) is 0 Å². The quantitative estimate of drug-likeness (QED) is 0.808. The molecule has 0 aliphatic heterocycles. The van der Waals surface area contributed by atoms with Crippen LogP contribution in [-0.4, -0.2) is 10.9 Å². The second-order valence-corrected chi connectivity index (χ2v) is 4.11. The second kappa shape index (κ2) is 3.58. The maximum Gasteiger partial charge on any atom is 0.164 e. The number of carbonyl (C=O) groups is 1. The van der Waals surface area contributed by atoms with Crippen molar-refractivity contribution in [3.8, 4) is 5.75 Å². The lowest BCUT2D eigenvalue weighted by molar-refractivity contribution is 0.101. The van der Waals surface area contributed by atoms with Crippen LogP contribution in [0.15, 0.2) is 21.1 Å². The number of hydrogen-bond acceptors (Lipinski definition) is 2. The van der Waals surface area contributed by atoms with Crippen LogP contribution in [-0.2, 0) is 0 Å². The highest BCUT2D eigenvalue weighted by molar-refractivity contribution is 9.11. The van der Waals surface area contributed by atoms with Crippen molar-refractivity contribution in [2.24, 2.45) is 0 Å². The zero-order valence-electron chi connectivity index (χ0n) is 6.27. The second-order valence-electron chi connectivity index (χ2n) is 2.34. The SMILES string of the molecule is CC(=O)c1c(O)cc(Br)cc1Br. The van der Waals surface area contributed by atoms with E-state index >= 15 is 0 Å². The maximum atomic E-state index is 11.0. The molecule has 0 spiro atoms. The van der Waals surface area contributed by atoms with Gasteiger partial charge >= 0.3 is 0 Å². The topological polar surface area (TPSA) is 37.3 Å². The molecule has 0 saturated heterocycles. The van der Waals surface area contributed by atoms with Crippen molar-refractivity contribution in [1.29, 1.82) is 0 Å². The van der Waals surface area contributed by atoms with Crippen LogP contribution >= 0.6 is 31.9 Å². The molecule has 4 heteroatoms. The Morgan fingerprint density at radius 1 is 1.42 bits per heavy atom. The van der Waals surface area contributed by atoms with Gasteiger partial charge in [0.2, 0.25) is 0 Å². The Morgan fingerprint density at radius 2 is 2.00 bits per heavy atom. The number of carbonyl (C=O) groups excluding carboxylic acids is 1. The number of aromatic hydroxyl groups is 1. The Labute approximate surface area is 86.9 Å². The number of phenols is 1. The Hall–Kier alpha value is -0.350. The van der Waals surface area contributed by atoms with Crippen molar-refractivity contribution in [3.05, 3.63) is 26.6 Å². The minimum atomic E-state index is -0.160. The highest BCUT2D eigenvalue weighted by atomic mass is 79.9. The first kappa shape index (κ1) is 9.74. The fourth-order valence-corrected chi connectivity index (χ4v) is 2.39. The van der Waals surface area contributed by atoms with Gasteiger partial charge < -0.3 is 5.11 Å². The predicted molar refractivity (Wildman–Crippen MR) is 53.5 cm³/mol. The van der Waals surface area contributed by atoms with E-state index in [0.717, 1.165) is 4.47 Å². The molecule has 0 heterocycles. The van der Waals surface area contributed by atoms with E-state index in [0.29, 0.717) is 10.0 Å². The summed E-state index contributed by atoms with van der Waals surface area (Å²) < 4.78 is 1.33. The minimum absolute atomic E-state index is 0.0104. The van der Waals surface area contributed by atoms with E-state index in [1.807, 2.05) is 0 Å². The van der Waals surface area contributed by atoms with E-state index in [1.165, 1.54) is 13.0 Å². The lowest BCUT2D eigenvalue weighted by Crippen LogP contribution is -1.94. The van der Waals surface area contributed by atoms with Crippen LogP contribution in [0.5, 0.6) is 5.75 Å². The van der Waals surface area contributed by atoms with Gasteiger partial charge in [0.15, 0.2) is 5.78 Å². The number of halogens is 2. The van der Waals surface area contributed by atoms with Gasteiger partial charge in [0.05, 0.1) is 5.56 Å². The molecule has 0 fully saturated rings. The third-order valence-electron chi connectivity index (χ3n) is 1.39. The number of Topliss-reactive ketones (excluding diaryl/α,β-unsaturated/α-hetero) is 1. The molecular weight excluding hydrogens is 288 g/mol. The van der Waals surface area contributed by atoms with Crippen molar-refractivity contribution in [2.75, 3.05) is 0 Å². The number of rotatable bonds is 1. The molecule has 1 aromatic carbocycles. The predicted octanol–water partition coefficient (Wildman–Crippen LogP) is 3.12. The van der Waals surface area contributed by atoms with Crippen LogP contribution in [0, 0.1) is 0 Å². The number of ketones is 1. The first-order valence-corrected chi connectivity index (χ1v) is 4.80. The fraction of sp³-hybridized carbons (Fsp3) is 0.125. The molecule has 0 saturated carbocycles. The smallest absolute Gasteiger partial charge is 0.164 e. The number of phenolic OH excluding ortho intramolecular Hbond substituents is 1. The summed E-state index contributed by atoms with van der Waals surface area (Å²) in [5.41, 5.74) is 0.318. The molecule has 0 bridgehead atoms. The monoisotopic (exact) mass is 292 g/mol. The largest absolute Gasteiger partial charge is 0.507 e. The van der Waals surface area contributed by atoms with Crippen molar-refractivity contribution >= 4 is 37.6 Å². The summed E-state index contributed by atoms with van der Waals surface area (Å²) in [7, 11) is 0. The van der Waals surface area contributed by atoms with E-state index in [1.54, 1.807) is 6.07 Å². The summed E-state index contributed by atoms with van der Waals surface area (Å²) in [6.45, 7) is 1.41. The van der Waals surface area contributed by atoms with Crippen molar-refractivity contribution in [2.45, 2.75) is 6.92 Å². The van der Waals surface area contributed by atoms with Gasteiger partial charge in [-0.15, -0.1) is 0 Å². The summed E-state index contributed by atoms with van der Waals surface area (Å²) in [6.07, 6.45) is 0. The van der Waals surface area contributed by atoms with E-state index in [2.05, 4.69) is 31.9 Å². The average molecular weight is 294 g/mol. The fourth-order valence-electron chi connectivity index (χ4n) is 0.909. The molecule has 64 valence electrons. The van der Waals surface area contributed by atoms with Crippen molar-refractivity contribution in [3.63, 3.8) is 0 Å². The first-order valence-electron chi connectivity index (χ1n) is 3.21. The number of benzene rings is 1. The molecule has 2 nitrogen and oxygen atoms in total. The molecule has 0 radical (unpaired) electrons. The molecule has 0 atom stereocenters. The minimum Gasteiger partial charge on any atom is -0.507 e. The van der Waals surface area contributed by atoms with Crippen molar-refractivity contribution in [1.82, 2.24) is 0 Å². The van der Waals surface area contributed by atoms with Crippen LogP contribution in [0.2, 0.25) is 0 Å². The number of hydrogen-bond donors (Lipinski definition) is 1. The Balaban J connectivity index is 3.38. The van der Waals surface area contributed by atoms with Crippen LogP contribution in [0.25, 0.3) is 0 Å². The van der Waals surface area contributed by atoms with Gasteiger partial charge in [-0.05, 0) is 35.0 Å². The molecule has 0 amide bonds. The van der Waals surface area contributed by atoms with Gasteiger partial charge in [-0.25, -0.2) is 0 Å². The Kier molecular flexibility index (Phi) is 2.90. The molecule has 1 aromatic rings. The van der Waals surface area contributed by atoms with E-state index in [9.17, 15) is 9.90 Å². The summed E-state index contributed by atoms with van der Waals surface area (Å²) in [5.74, 6) is -0.171. The third kappa shape index (κ3) is 1.87. The average Bonchev–Trinajstić information content (AvgIpc) is 1.82. The van der Waals surface area contributed by atoms with E-state index < -0.39 is 0 Å². The summed E-state index contributed by atoms with van der Waals surface area (Å²) in [5, 5.41) is 9.36. The summed E-state index contributed by atoms with van der Waals surface area (Å²) >= 11 is 6.38. The summed E-state index contributed by atoms with van der Waals surface area (Å²) in [4.78, 5) is 11.0. The standard InChI is InChI=1S/C8H6Br2O2/c1-4(11)8-6(10)2-5(9)3-7(8)12/h2-3,12H,1H3. The van der Waals surface area contributed by atoms with Crippen LogP contribution in [0.3, 0.4) is 0 Å². The zero-order valence-corrected chi connectivity index (χ0v) is 9.44. The van der Waals surface area contributed by atoms with Gasteiger partial charge in [0, 0.05) is 8.95 Å². The lowest BCUT2D eigenvalue weighted by atomic mass is 10.1. The molecule has 12 heavy (non-hydrogen) atoms. The summed E-state index contributed by atoms with van der Waals surface area (Å²) in [6, 6.07) is 3.21. The highest BCUT2D eigenvalue weighted by Gasteiger charge is 2.11. The van der Waals surface area contributed by atoms with Gasteiger partial charge in [-0.1, -0.05) is 15.9 Å². The zero-order chi connectivity index (χ0) is 9.30. The van der Waals surface area contributed by atoms with Gasteiger partial charge in [-0.3, -0.25) is 4.79 Å².